The summed E-state index contributed by atoms with van der Waals surface area (Å²) in [6, 6.07) is 18.8. The Bertz CT molecular complexity index is 912. The normalized spacial score (nSPS) is 19.6. The molecule has 2 heterocycles. The lowest BCUT2D eigenvalue weighted by atomic mass is 10.1. The van der Waals surface area contributed by atoms with E-state index in [1.165, 1.54) is 0 Å². The third-order valence-corrected chi connectivity index (χ3v) is 5.01. The average molecular weight is 356 g/mol. The van der Waals surface area contributed by atoms with E-state index in [2.05, 4.69) is 9.71 Å². The third kappa shape index (κ3) is 3.34. The molecule has 0 aliphatic carbocycles. The Morgan fingerprint density at radius 2 is 1.60 bits per heavy atom. The summed E-state index contributed by atoms with van der Waals surface area (Å²) in [6.45, 7) is 0.101. The van der Waals surface area contributed by atoms with Gasteiger partial charge in [-0.3, -0.25) is 4.18 Å². The minimum atomic E-state index is -3.76. The van der Waals surface area contributed by atoms with Gasteiger partial charge in [0.25, 0.3) is 0 Å². The highest BCUT2D eigenvalue weighted by Crippen LogP contribution is 2.35. The van der Waals surface area contributed by atoms with Gasteiger partial charge in [-0.15, -0.1) is 0 Å². The van der Waals surface area contributed by atoms with Gasteiger partial charge in [-0.25, -0.2) is 4.98 Å². The molecule has 4 rings (SSSR count). The van der Waals surface area contributed by atoms with Crippen LogP contribution in [0, 0.1) is 0 Å². The van der Waals surface area contributed by atoms with Crippen LogP contribution < -0.4 is 4.72 Å². The molecule has 1 aliphatic heterocycles. The quantitative estimate of drug-likeness (QED) is 0.779. The molecule has 0 amide bonds. The molecule has 25 heavy (non-hydrogen) atoms. The second-order valence-corrected chi connectivity index (χ2v) is 7.08. The molecule has 7 heteroatoms. The van der Waals surface area contributed by atoms with Crippen LogP contribution in [0.25, 0.3) is 22.6 Å². The number of rotatable bonds is 3. The Balaban J connectivity index is 1.81. The van der Waals surface area contributed by atoms with Crippen molar-refractivity contribution >= 4 is 10.3 Å². The average Bonchev–Trinajstić information content (AvgIpc) is 3.08. The lowest BCUT2D eigenvalue weighted by Gasteiger charge is -2.20. The van der Waals surface area contributed by atoms with Gasteiger partial charge < -0.3 is 4.42 Å². The number of nitrogens with zero attached hydrogens (tertiary/aromatic N) is 1. The predicted molar refractivity (Wildman–Crippen MR) is 92.7 cm³/mol. The monoisotopic (exact) mass is 356 g/mol. The van der Waals surface area contributed by atoms with Crippen LogP contribution in [0.3, 0.4) is 0 Å². The van der Waals surface area contributed by atoms with E-state index >= 15 is 0 Å². The molecule has 1 saturated heterocycles. The molecule has 3 aromatic rings. The van der Waals surface area contributed by atoms with E-state index in [9.17, 15) is 8.42 Å². The maximum absolute atomic E-state index is 11.7. The number of benzene rings is 2. The number of hydrogen-bond acceptors (Lipinski definition) is 5. The molecule has 1 aromatic heterocycles. The first kappa shape index (κ1) is 16.0. The molecular weight excluding hydrogens is 340 g/mol. The molecule has 2 aromatic carbocycles. The minimum absolute atomic E-state index is 0.101. The molecule has 6 nitrogen and oxygen atoms in total. The molecule has 1 unspecified atom stereocenters. The number of nitrogens with one attached hydrogen (secondary N) is 1. The Kier molecular flexibility index (Phi) is 4.12. The Morgan fingerprint density at radius 3 is 2.24 bits per heavy atom. The van der Waals surface area contributed by atoms with Gasteiger partial charge in [0.2, 0.25) is 5.89 Å². The first-order valence-electron chi connectivity index (χ1n) is 7.91. The molecule has 0 spiro atoms. The van der Waals surface area contributed by atoms with E-state index in [-0.39, 0.29) is 6.61 Å². The van der Waals surface area contributed by atoms with Crippen molar-refractivity contribution < 1.29 is 17.0 Å². The largest absolute Gasteiger partial charge is 0.438 e. The smallest absolute Gasteiger partial charge is 0.336 e. The molecule has 1 N–H and O–H groups in total. The van der Waals surface area contributed by atoms with Gasteiger partial charge in [-0.1, -0.05) is 60.7 Å². The van der Waals surface area contributed by atoms with E-state index in [1.54, 1.807) is 0 Å². The number of hydrogen-bond donors (Lipinski definition) is 1. The van der Waals surface area contributed by atoms with Crippen molar-refractivity contribution in [2.75, 3.05) is 6.61 Å². The second-order valence-electron chi connectivity index (χ2n) is 5.70. The Morgan fingerprint density at radius 1 is 0.960 bits per heavy atom. The van der Waals surface area contributed by atoms with E-state index in [0.717, 1.165) is 11.1 Å². The summed E-state index contributed by atoms with van der Waals surface area (Å²) in [4.78, 5) is 4.60. The molecular formula is C18H16N2O4S. The lowest BCUT2D eigenvalue weighted by molar-refractivity contribution is 0.243. The summed E-state index contributed by atoms with van der Waals surface area (Å²) in [6.07, 6.45) is 0.461. The first-order chi connectivity index (χ1) is 12.1. The number of oxazole rings is 1. The van der Waals surface area contributed by atoms with Crippen molar-refractivity contribution in [3.8, 4) is 22.6 Å². The van der Waals surface area contributed by atoms with Crippen molar-refractivity contribution in [1.82, 2.24) is 9.71 Å². The SMILES string of the molecule is O=S1(=O)NC(c2nc(-c3ccccc3)c(-c3ccccc3)o2)CCO1. The zero-order chi connectivity index (χ0) is 17.3. The van der Waals surface area contributed by atoms with Crippen molar-refractivity contribution in [3.63, 3.8) is 0 Å². The van der Waals surface area contributed by atoms with Crippen molar-refractivity contribution in [2.45, 2.75) is 12.5 Å². The summed E-state index contributed by atoms with van der Waals surface area (Å²) in [5.74, 6) is 0.956. The fourth-order valence-electron chi connectivity index (χ4n) is 2.78. The lowest BCUT2D eigenvalue weighted by Crippen LogP contribution is -2.36. The van der Waals surface area contributed by atoms with Gasteiger partial charge in [0.05, 0.1) is 6.61 Å². The van der Waals surface area contributed by atoms with Gasteiger partial charge in [0.15, 0.2) is 5.76 Å². The predicted octanol–water partition coefficient (Wildman–Crippen LogP) is 3.30. The summed E-state index contributed by atoms with van der Waals surface area (Å²) in [5, 5.41) is 0. The maximum Gasteiger partial charge on any atom is 0.336 e. The molecule has 0 bridgehead atoms. The molecule has 0 radical (unpaired) electrons. The van der Waals surface area contributed by atoms with Crippen LogP contribution in [0.15, 0.2) is 65.1 Å². The highest BCUT2D eigenvalue weighted by atomic mass is 32.2. The van der Waals surface area contributed by atoms with Gasteiger partial charge in [0.1, 0.15) is 11.7 Å². The molecule has 1 fully saturated rings. The summed E-state index contributed by atoms with van der Waals surface area (Å²) < 4.78 is 36.5. The molecule has 1 atom stereocenters. The zero-order valence-electron chi connectivity index (χ0n) is 13.3. The van der Waals surface area contributed by atoms with Gasteiger partial charge >= 0.3 is 10.3 Å². The van der Waals surface area contributed by atoms with Crippen molar-refractivity contribution in [2.24, 2.45) is 0 Å². The van der Waals surface area contributed by atoms with Crippen LogP contribution in [0.1, 0.15) is 18.4 Å². The Labute approximate surface area is 145 Å². The summed E-state index contributed by atoms with van der Waals surface area (Å²) >= 11 is 0. The first-order valence-corrected chi connectivity index (χ1v) is 9.31. The van der Waals surface area contributed by atoms with E-state index in [1.807, 2.05) is 60.7 Å². The molecule has 1 aliphatic rings. The van der Waals surface area contributed by atoms with Gasteiger partial charge in [-0.05, 0) is 6.42 Å². The van der Waals surface area contributed by atoms with Gasteiger partial charge in [0, 0.05) is 11.1 Å². The zero-order valence-corrected chi connectivity index (χ0v) is 14.1. The fraction of sp³-hybridized carbons (Fsp3) is 0.167. The fourth-order valence-corrected chi connectivity index (χ4v) is 3.73. The van der Waals surface area contributed by atoms with Crippen LogP contribution in [-0.2, 0) is 14.5 Å². The van der Waals surface area contributed by atoms with E-state index < -0.39 is 16.3 Å². The highest BCUT2D eigenvalue weighted by Gasteiger charge is 2.30. The van der Waals surface area contributed by atoms with Crippen molar-refractivity contribution in [3.05, 3.63) is 66.6 Å². The van der Waals surface area contributed by atoms with Gasteiger partial charge in [-0.2, -0.15) is 13.1 Å². The molecule has 128 valence electrons. The van der Waals surface area contributed by atoms with Crippen LogP contribution in [-0.4, -0.2) is 20.0 Å². The Hall–Kier alpha value is -2.48. The summed E-state index contributed by atoms with van der Waals surface area (Å²) in [5.41, 5.74) is 2.48. The topological polar surface area (TPSA) is 81.4 Å². The maximum atomic E-state index is 11.7. The van der Waals surface area contributed by atoms with Crippen molar-refractivity contribution in [1.29, 1.82) is 0 Å². The molecule has 0 saturated carbocycles. The third-order valence-electron chi connectivity index (χ3n) is 3.96. The van der Waals surface area contributed by atoms with Crippen LogP contribution >= 0.6 is 0 Å². The van der Waals surface area contributed by atoms with E-state index in [4.69, 9.17) is 8.60 Å². The van der Waals surface area contributed by atoms with Crippen LogP contribution in [0.5, 0.6) is 0 Å². The highest BCUT2D eigenvalue weighted by molar-refractivity contribution is 7.84. The summed E-state index contributed by atoms with van der Waals surface area (Å²) in [7, 11) is -3.76. The van der Waals surface area contributed by atoms with Crippen LogP contribution in [0.2, 0.25) is 0 Å². The second kappa shape index (κ2) is 6.44. The van der Waals surface area contributed by atoms with Crippen LogP contribution in [0.4, 0.5) is 0 Å². The standard InChI is InChI=1S/C18H16N2O4S/c21-25(22)20-15(11-12-23-25)18-19-16(13-7-3-1-4-8-13)17(24-18)14-9-5-2-6-10-14/h1-10,15,20H,11-12H2. The minimum Gasteiger partial charge on any atom is -0.438 e. The number of aromatic nitrogens is 1. The van der Waals surface area contributed by atoms with E-state index in [0.29, 0.717) is 23.8 Å².